The van der Waals surface area contributed by atoms with Crippen LogP contribution in [-0.2, 0) is 22.4 Å². The SMILES string of the molecule is CCO[Si](CCO[PH](=O)O)(OCC)OCC. The first-order valence-corrected chi connectivity index (χ1v) is 8.57. The Bertz CT molecular complexity index is 186. The Labute approximate surface area is 98.2 Å². The molecule has 1 atom stereocenters. The van der Waals surface area contributed by atoms with Gasteiger partial charge >= 0.3 is 17.1 Å². The van der Waals surface area contributed by atoms with Crippen LogP contribution in [-0.4, -0.2) is 40.1 Å². The molecule has 0 amide bonds. The second kappa shape index (κ2) is 9.29. The van der Waals surface area contributed by atoms with Gasteiger partial charge in [-0.25, -0.2) is 0 Å². The largest absolute Gasteiger partial charge is 0.503 e. The van der Waals surface area contributed by atoms with Crippen molar-refractivity contribution in [3.05, 3.63) is 0 Å². The Hall–Kier alpha value is 0.247. The Balaban J connectivity index is 4.28. The lowest BCUT2D eigenvalue weighted by molar-refractivity contribution is 0.0675. The van der Waals surface area contributed by atoms with Gasteiger partial charge in [-0.3, -0.25) is 4.57 Å². The molecule has 0 aliphatic heterocycles. The Morgan fingerprint density at radius 2 is 1.50 bits per heavy atom. The Morgan fingerprint density at radius 1 is 1.06 bits per heavy atom. The van der Waals surface area contributed by atoms with Gasteiger partial charge in [0.25, 0.3) is 0 Å². The minimum atomic E-state index is -2.90. The monoisotopic (exact) mass is 272 g/mol. The third kappa shape index (κ3) is 6.75. The highest BCUT2D eigenvalue weighted by Gasteiger charge is 2.40. The van der Waals surface area contributed by atoms with Crippen LogP contribution in [0.4, 0.5) is 0 Å². The van der Waals surface area contributed by atoms with Gasteiger partial charge < -0.3 is 22.7 Å². The van der Waals surface area contributed by atoms with Gasteiger partial charge in [0.2, 0.25) is 0 Å². The molecule has 0 radical (unpaired) electrons. The van der Waals surface area contributed by atoms with Crippen LogP contribution in [0.1, 0.15) is 20.8 Å². The molecule has 0 aromatic rings. The maximum absolute atomic E-state index is 10.4. The van der Waals surface area contributed by atoms with Crippen molar-refractivity contribution < 1.29 is 27.3 Å². The van der Waals surface area contributed by atoms with Crippen molar-refractivity contribution in [1.82, 2.24) is 0 Å². The second-order valence-corrected chi connectivity index (χ2v) is 6.40. The van der Waals surface area contributed by atoms with Gasteiger partial charge in [0.15, 0.2) is 0 Å². The van der Waals surface area contributed by atoms with Crippen molar-refractivity contribution in [1.29, 1.82) is 0 Å². The molecule has 0 aromatic heterocycles. The summed E-state index contributed by atoms with van der Waals surface area (Å²) in [4.78, 5) is 8.56. The highest BCUT2D eigenvalue weighted by molar-refractivity contribution is 7.32. The standard InChI is InChI=1S/C8H21O6PSi/c1-4-12-16(13-5-2,14-6-3)8-7-11-15(9)10/h15H,4-8H2,1-3H3,(H,9,10). The molecular formula is C8H21O6PSi. The maximum Gasteiger partial charge on any atom is 0.503 e. The van der Waals surface area contributed by atoms with Gasteiger partial charge in [0, 0.05) is 25.9 Å². The predicted octanol–water partition coefficient (Wildman–Crippen LogP) is 1.43. The predicted molar refractivity (Wildman–Crippen MR) is 62.6 cm³/mol. The molecular weight excluding hydrogens is 251 g/mol. The molecule has 0 fully saturated rings. The quantitative estimate of drug-likeness (QED) is 0.479. The second-order valence-electron chi connectivity index (χ2n) is 2.85. The number of rotatable bonds is 10. The summed E-state index contributed by atoms with van der Waals surface area (Å²) < 4.78 is 31.7. The third-order valence-electron chi connectivity index (χ3n) is 1.73. The smallest absolute Gasteiger partial charge is 0.374 e. The molecule has 0 saturated heterocycles. The molecule has 6 nitrogen and oxygen atoms in total. The molecule has 0 saturated carbocycles. The van der Waals surface area contributed by atoms with Crippen LogP contribution < -0.4 is 0 Å². The number of hydrogen-bond acceptors (Lipinski definition) is 5. The summed E-state index contributed by atoms with van der Waals surface area (Å²) in [6.07, 6.45) is 0. The molecule has 16 heavy (non-hydrogen) atoms. The van der Waals surface area contributed by atoms with E-state index in [0.717, 1.165) is 0 Å². The van der Waals surface area contributed by atoms with Crippen LogP contribution in [0.25, 0.3) is 0 Å². The fourth-order valence-electron chi connectivity index (χ4n) is 1.26. The van der Waals surface area contributed by atoms with Crippen LogP contribution in [0, 0.1) is 0 Å². The van der Waals surface area contributed by atoms with Crippen LogP contribution in [0.5, 0.6) is 0 Å². The van der Waals surface area contributed by atoms with E-state index in [2.05, 4.69) is 4.52 Å². The van der Waals surface area contributed by atoms with E-state index in [9.17, 15) is 4.57 Å². The zero-order valence-corrected chi connectivity index (χ0v) is 12.0. The number of hydrogen-bond donors (Lipinski definition) is 1. The fourth-order valence-corrected chi connectivity index (χ4v) is 4.10. The molecule has 0 aliphatic carbocycles. The van der Waals surface area contributed by atoms with Crippen molar-refractivity contribution in [2.75, 3.05) is 26.4 Å². The summed E-state index contributed by atoms with van der Waals surface area (Å²) >= 11 is 0. The minimum absolute atomic E-state index is 0.112. The van der Waals surface area contributed by atoms with Crippen LogP contribution >= 0.6 is 8.25 Å². The summed E-state index contributed by atoms with van der Waals surface area (Å²) in [7, 11) is -5.62. The van der Waals surface area contributed by atoms with E-state index in [-0.39, 0.29) is 6.61 Å². The zero-order chi connectivity index (χ0) is 12.4. The van der Waals surface area contributed by atoms with Crippen LogP contribution in [0.15, 0.2) is 0 Å². The highest BCUT2D eigenvalue weighted by atomic mass is 31.1. The van der Waals surface area contributed by atoms with E-state index in [1.807, 2.05) is 20.8 Å². The summed E-state index contributed by atoms with van der Waals surface area (Å²) in [5.41, 5.74) is 0. The van der Waals surface area contributed by atoms with Crippen LogP contribution in [0.2, 0.25) is 6.04 Å². The van der Waals surface area contributed by atoms with E-state index in [1.54, 1.807) is 0 Å². The first-order valence-electron chi connectivity index (χ1n) is 5.37. The van der Waals surface area contributed by atoms with Gasteiger partial charge in [-0.2, -0.15) is 0 Å². The summed E-state index contributed by atoms with van der Waals surface area (Å²) in [5.74, 6) is 0. The molecule has 1 unspecified atom stereocenters. The third-order valence-corrected chi connectivity index (χ3v) is 5.18. The molecule has 8 heteroatoms. The molecule has 0 spiro atoms. The average molecular weight is 272 g/mol. The van der Waals surface area contributed by atoms with E-state index in [0.29, 0.717) is 25.9 Å². The van der Waals surface area contributed by atoms with Gasteiger partial charge in [0.05, 0.1) is 6.61 Å². The first kappa shape index (κ1) is 16.2. The average Bonchev–Trinajstić information content (AvgIpc) is 2.18. The molecule has 1 N–H and O–H groups in total. The molecule has 0 bridgehead atoms. The highest BCUT2D eigenvalue weighted by Crippen LogP contribution is 2.20. The molecule has 0 aliphatic rings. The Kier molecular flexibility index (Phi) is 9.44. The van der Waals surface area contributed by atoms with Crippen molar-refractivity contribution in [3.63, 3.8) is 0 Å². The minimum Gasteiger partial charge on any atom is -0.374 e. The zero-order valence-electron chi connectivity index (χ0n) is 10.0. The maximum atomic E-state index is 10.4. The molecule has 0 aromatic carbocycles. The van der Waals surface area contributed by atoms with Gasteiger partial charge in [-0.1, -0.05) is 0 Å². The lowest BCUT2D eigenvalue weighted by Crippen LogP contribution is -2.46. The molecule has 98 valence electrons. The van der Waals surface area contributed by atoms with Gasteiger partial charge in [-0.15, -0.1) is 0 Å². The topological polar surface area (TPSA) is 74.2 Å². The molecule has 0 rings (SSSR count). The molecule has 0 heterocycles. The van der Waals surface area contributed by atoms with Crippen LogP contribution in [0.3, 0.4) is 0 Å². The van der Waals surface area contributed by atoms with E-state index >= 15 is 0 Å². The summed E-state index contributed by atoms with van der Waals surface area (Å²) in [6, 6.07) is 0.388. The Morgan fingerprint density at radius 3 is 1.81 bits per heavy atom. The summed E-state index contributed by atoms with van der Waals surface area (Å²) in [5, 5.41) is 0. The van der Waals surface area contributed by atoms with Gasteiger partial charge in [-0.05, 0) is 20.8 Å². The van der Waals surface area contributed by atoms with E-state index in [4.69, 9.17) is 18.2 Å². The van der Waals surface area contributed by atoms with Gasteiger partial charge in [0.1, 0.15) is 0 Å². The lowest BCUT2D eigenvalue weighted by Gasteiger charge is -2.28. The van der Waals surface area contributed by atoms with E-state index < -0.39 is 17.1 Å². The van der Waals surface area contributed by atoms with Crippen molar-refractivity contribution in [2.24, 2.45) is 0 Å². The summed E-state index contributed by atoms with van der Waals surface area (Å²) in [6.45, 7) is 7.14. The fraction of sp³-hybridized carbons (Fsp3) is 1.00. The van der Waals surface area contributed by atoms with E-state index in [1.165, 1.54) is 0 Å². The first-order chi connectivity index (χ1) is 7.60. The van der Waals surface area contributed by atoms with Crippen molar-refractivity contribution >= 4 is 17.1 Å². The van der Waals surface area contributed by atoms with Crippen molar-refractivity contribution in [2.45, 2.75) is 26.8 Å². The van der Waals surface area contributed by atoms with Crippen molar-refractivity contribution in [3.8, 4) is 0 Å². The normalized spacial score (nSPS) is 14.0. The lowest BCUT2D eigenvalue weighted by atomic mass is 10.9.